The molecule has 150 valence electrons. The lowest BCUT2D eigenvalue weighted by molar-refractivity contribution is 0.0763. The summed E-state index contributed by atoms with van der Waals surface area (Å²) in [6.07, 6.45) is 4.11. The lowest BCUT2D eigenvalue weighted by atomic mass is 10.1. The van der Waals surface area contributed by atoms with E-state index < -0.39 is 0 Å². The van der Waals surface area contributed by atoms with Crippen molar-refractivity contribution in [3.05, 3.63) is 45.9 Å². The summed E-state index contributed by atoms with van der Waals surface area (Å²) in [4.78, 5) is 40.1. The van der Waals surface area contributed by atoms with Crippen LogP contribution in [0.3, 0.4) is 0 Å². The molecule has 1 fully saturated rings. The van der Waals surface area contributed by atoms with E-state index in [9.17, 15) is 9.59 Å². The Labute approximate surface area is 167 Å². The van der Waals surface area contributed by atoms with Crippen LogP contribution in [0.15, 0.2) is 29.2 Å². The second-order valence-electron chi connectivity index (χ2n) is 7.73. The van der Waals surface area contributed by atoms with Crippen molar-refractivity contribution in [2.24, 2.45) is 0 Å². The number of hydrogen-bond donors (Lipinski definition) is 3. The number of amides is 1. The largest absolute Gasteiger partial charge is 0.387 e. The van der Waals surface area contributed by atoms with Crippen LogP contribution in [0.5, 0.6) is 0 Å². The molecule has 2 aliphatic rings. The topological polar surface area (TPSA) is 97.1 Å². The van der Waals surface area contributed by atoms with E-state index >= 15 is 0 Å². The van der Waals surface area contributed by atoms with Crippen molar-refractivity contribution in [1.29, 1.82) is 0 Å². The Hall–Kier alpha value is -3.13. The molecule has 2 aliphatic heterocycles. The van der Waals surface area contributed by atoms with Crippen molar-refractivity contribution in [2.45, 2.75) is 19.4 Å². The Morgan fingerprint density at radius 2 is 2.00 bits per heavy atom. The van der Waals surface area contributed by atoms with Crippen LogP contribution in [0.1, 0.15) is 28.8 Å². The van der Waals surface area contributed by atoms with E-state index in [1.807, 2.05) is 17.0 Å². The zero-order valence-corrected chi connectivity index (χ0v) is 16.4. The number of nitrogens with zero attached hydrogens (tertiary/aromatic N) is 3. The number of likely N-dealkylation sites (tertiary alicyclic amines) is 1. The quantitative estimate of drug-likeness (QED) is 0.617. The van der Waals surface area contributed by atoms with Gasteiger partial charge in [-0.05, 0) is 49.7 Å². The molecule has 4 heterocycles. The van der Waals surface area contributed by atoms with Gasteiger partial charge in [0.25, 0.3) is 11.5 Å². The van der Waals surface area contributed by atoms with Crippen molar-refractivity contribution in [2.75, 3.05) is 38.5 Å². The molecule has 0 unspecified atom stereocenters. The number of rotatable bonds is 5. The van der Waals surface area contributed by atoms with Crippen LogP contribution in [0.25, 0.3) is 22.4 Å². The van der Waals surface area contributed by atoms with E-state index in [1.54, 1.807) is 19.3 Å². The van der Waals surface area contributed by atoms with Gasteiger partial charge >= 0.3 is 0 Å². The number of anilines is 1. The van der Waals surface area contributed by atoms with Crippen LogP contribution in [0.2, 0.25) is 0 Å². The predicted molar refractivity (Wildman–Crippen MR) is 112 cm³/mol. The molecule has 1 aromatic carbocycles. The highest BCUT2D eigenvalue weighted by Gasteiger charge is 2.29. The summed E-state index contributed by atoms with van der Waals surface area (Å²) in [5.74, 6) is 0.562. The number of aromatic amines is 2. The van der Waals surface area contributed by atoms with Gasteiger partial charge in [0.15, 0.2) is 0 Å². The van der Waals surface area contributed by atoms with Gasteiger partial charge in [0.05, 0.1) is 16.7 Å². The molecule has 3 aromatic rings. The SMILES string of the molecule is CNc1cc[nH]c(=O)c1-c1nc2cc3c(cc2[nH]1)CN(CCN1CCCC1)C3=O. The van der Waals surface area contributed by atoms with Crippen LogP contribution >= 0.6 is 0 Å². The van der Waals surface area contributed by atoms with Crippen LogP contribution in [0.4, 0.5) is 5.69 Å². The molecular formula is C21H24N6O2. The predicted octanol–water partition coefficient (Wildman–Crippen LogP) is 2.01. The summed E-state index contributed by atoms with van der Waals surface area (Å²) in [7, 11) is 1.77. The molecule has 1 amide bonds. The third kappa shape index (κ3) is 3.09. The summed E-state index contributed by atoms with van der Waals surface area (Å²) in [6.45, 7) is 4.59. The maximum Gasteiger partial charge on any atom is 0.261 e. The molecule has 0 atom stereocenters. The maximum atomic E-state index is 12.9. The molecule has 0 saturated carbocycles. The zero-order chi connectivity index (χ0) is 20.0. The van der Waals surface area contributed by atoms with E-state index in [4.69, 9.17) is 0 Å². The zero-order valence-electron chi connectivity index (χ0n) is 16.4. The average molecular weight is 392 g/mol. The maximum absolute atomic E-state index is 12.9. The minimum Gasteiger partial charge on any atom is -0.387 e. The molecule has 5 rings (SSSR count). The molecule has 2 aromatic heterocycles. The minimum atomic E-state index is -0.215. The summed E-state index contributed by atoms with van der Waals surface area (Å²) in [5, 5.41) is 3.03. The highest BCUT2D eigenvalue weighted by atomic mass is 16.2. The van der Waals surface area contributed by atoms with Crippen molar-refractivity contribution in [3.8, 4) is 11.4 Å². The van der Waals surface area contributed by atoms with Crippen LogP contribution in [0, 0.1) is 0 Å². The van der Waals surface area contributed by atoms with E-state index in [0.29, 0.717) is 34.7 Å². The molecule has 0 spiro atoms. The lowest BCUT2D eigenvalue weighted by Gasteiger charge is -2.20. The molecule has 3 N–H and O–H groups in total. The number of carbonyl (C=O) groups excluding carboxylic acids is 1. The number of hydrogen-bond acceptors (Lipinski definition) is 5. The first-order valence-corrected chi connectivity index (χ1v) is 10.1. The number of carbonyl (C=O) groups is 1. The second-order valence-corrected chi connectivity index (χ2v) is 7.73. The molecule has 0 aliphatic carbocycles. The summed E-state index contributed by atoms with van der Waals surface area (Å²) in [6, 6.07) is 5.63. The number of fused-ring (bicyclic) bond motifs is 2. The van der Waals surface area contributed by atoms with Gasteiger partial charge in [-0.2, -0.15) is 0 Å². The number of aromatic nitrogens is 3. The van der Waals surface area contributed by atoms with Crippen molar-refractivity contribution < 1.29 is 4.79 Å². The fourth-order valence-corrected chi connectivity index (χ4v) is 4.37. The van der Waals surface area contributed by atoms with Crippen molar-refractivity contribution in [3.63, 3.8) is 0 Å². The van der Waals surface area contributed by atoms with E-state index in [1.165, 1.54) is 12.8 Å². The van der Waals surface area contributed by atoms with Gasteiger partial charge in [-0.3, -0.25) is 9.59 Å². The van der Waals surface area contributed by atoms with Crippen molar-refractivity contribution >= 4 is 22.6 Å². The van der Waals surface area contributed by atoms with Crippen molar-refractivity contribution in [1.82, 2.24) is 24.8 Å². The molecule has 0 radical (unpaired) electrons. The van der Waals surface area contributed by atoms with Gasteiger partial charge in [-0.15, -0.1) is 0 Å². The second kappa shape index (κ2) is 7.04. The summed E-state index contributed by atoms with van der Waals surface area (Å²) >= 11 is 0. The Kier molecular flexibility index (Phi) is 4.35. The molecule has 29 heavy (non-hydrogen) atoms. The monoisotopic (exact) mass is 392 g/mol. The van der Waals surface area contributed by atoms with E-state index in [-0.39, 0.29) is 11.5 Å². The lowest BCUT2D eigenvalue weighted by Crippen LogP contribution is -2.33. The molecule has 8 heteroatoms. The molecule has 8 nitrogen and oxygen atoms in total. The van der Waals surface area contributed by atoms with Gasteiger partial charge in [0, 0.05) is 38.4 Å². The number of benzene rings is 1. The fourth-order valence-electron chi connectivity index (χ4n) is 4.37. The summed E-state index contributed by atoms with van der Waals surface area (Å²) in [5.41, 5.74) is 4.20. The smallest absolute Gasteiger partial charge is 0.261 e. The normalized spacial score (nSPS) is 16.7. The number of pyridine rings is 1. The third-order valence-corrected chi connectivity index (χ3v) is 5.94. The highest BCUT2D eigenvalue weighted by molar-refractivity contribution is 6.02. The van der Waals surface area contributed by atoms with Gasteiger partial charge in [0.2, 0.25) is 0 Å². The first-order valence-electron chi connectivity index (χ1n) is 10.1. The molecule has 1 saturated heterocycles. The fraction of sp³-hybridized carbons (Fsp3) is 0.381. The Morgan fingerprint density at radius 1 is 1.17 bits per heavy atom. The Balaban J connectivity index is 1.44. The average Bonchev–Trinajstić information content (AvgIpc) is 3.44. The van der Waals surface area contributed by atoms with E-state index in [2.05, 4.69) is 25.2 Å². The third-order valence-electron chi connectivity index (χ3n) is 5.94. The number of nitrogens with one attached hydrogen (secondary N) is 3. The number of H-pyrrole nitrogens is 2. The molecule has 0 bridgehead atoms. The Bertz CT molecular complexity index is 1140. The number of imidazole rings is 1. The van der Waals surface area contributed by atoms with Crippen LogP contribution in [-0.4, -0.2) is 63.9 Å². The van der Waals surface area contributed by atoms with Gasteiger partial charge in [-0.25, -0.2) is 4.98 Å². The van der Waals surface area contributed by atoms with Gasteiger partial charge < -0.3 is 25.1 Å². The summed E-state index contributed by atoms with van der Waals surface area (Å²) < 4.78 is 0. The molecular weight excluding hydrogens is 368 g/mol. The minimum absolute atomic E-state index is 0.0686. The standard InChI is InChI=1S/C21H24N6O2/c1-22-15-4-5-23-20(28)18(15)19-24-16-10-13-12-27(9-8-26-6-2-3-7-26)21(29)14(13)11-17(16)25-19/h4-5,10-11H,2-3,6-9,12H2,1H3,(H,24,25)(H2,22,23,28). The first-order chi connectivity index (χ1) is 14.1. The van der Waals surface area contributed by atoms with E-state index in [0.717, 1.165) is 37.3 Å². The van der Waals surface area contributed by atoms with Crippen LogP contribution in [-0.2, 0) is 6.54 Å². The first kappa shape index (κ1) is 17.9. The Morgan fingerprint density at radius 3 is 2.79 bits per heavy atom. The van der Waals surface area contributed by atoms with Crippen LogP contribution < -0.4 is 10.9 Å². The van der Waals surface area contributed by atoms with Gasteiger partial charge in [0.1, 0.15) is 11.4 Å². The highest BCUT2D eigenvalue weighted by Crippen LogP contribution is 2.29. The van der Waals surface area contributed by atoms with Gasteiger partial charge in [-0.1, -0.05) is 0 Å².